The van der Waals surface area contributed by atoms with Crippen molar-refractivity contribution in [3.05, 3.63) is 42.5 Å². The Bertz CT molecular complexity index is 581. The third-order valence-corrected chi connectivity index (χ3v) is 2.28. The number of benzene rings is 1. The molecule has 100 valence electrons. The van der Waals surface area contributed by atoms with E-state index in [0.717, 1.165) is 18.3 Å². The first-order chi connectivity index (χ1) is 8.87. The fraction of sp³-hybridized carbons (Fsp3) is 0.0833. The molecule has 2 rings (SSSR count). The zero-order chi connectivity index (χ0) is 14.0. The van der Waals surface area contributed by atoms with E-state index in [4.69, 9.17) is 0 Å². The quantitative estimate of drug-likeness (QED) is 0.672. The summed E-state index contributed by atoms with van der Waals surface area (Å²) in [5.74, 6) is -2.11. The molecule has 0 unspecified atom stereocenters. The number of hydrogen-bond donors (Lipinski definition) is 1. The zero-order valence-corrected chi connectivity index (χ0v) is 9.28. The topological polar surface area (TPSA) is 42.4 Å². The van der Waals surface area contributed by atoms with Crippen LogP contribution in [-0.4, -0.2) is 16.5 Å². The van der Waals surface area contributed by atoms with Crippen molar-refractivity contribution >= 4 is 0 Å². The van der Waals surface area contributed by atoms with E-state index < -0.39 is 23.8 Å². The first-order valence-corrected chi connectivity index (χ1v) is 5.06. The predicted molar refractivity (Wildman–Crippen MR) is 58.0 cm³/mol. The molecule has 1 aromatic carbocycles. The number of aromatic hydroxyl groups is 1. The molecule has 1 N–H and O–H groups in total. The predicted octanol–water partition coefficient (Wildman–Crippen LogP) is 3.49. The normalized spacial score (nSPS) is 11.4. The van der Waals surface area contributed by atoms with Crippen LogP contribution in [-0.2, 0) is 0 Å². The van der Waals surface area contributed by atoms with E-state index in [1.54, 1.807) is 0 Å². The second kappa shape index (κ2) is 4.75. The minimum absolute atomic E-state index is 0.131. The van der Waals surface area contributed by atoms with Crippen molar-refractivity contribution in [2.75, 3.05) is 0 Å². The molecule has 0 radical (unpaired) electrons. The van der Waals surface area contributed by atoms with Gasteiger partial charge in [-0.25, -0.2) is 4.98 Å². The number of ether oxygens (including phenoxy) is 1. The van der Waals surface area contributed by atoms with Crippen LogP contribution in [0.1, 0.15) is 0 Å². The summed E-state index contributed by atoms with van der Waals surface area (Å²) in [4.78, 5) is 3.24. The van der Waals surface area contributed by atoms with Gasteiger partial charge in [0.25, 0.3) is 5.95 Å². The van der Waals surface area contributed by atoms with E-state index in [2.05, 4.69) is 9.72 Å². The third kappa shape index (κ3) is 3.12. The van der Waals surface area contributed by atoms with Gasteiger partial charge in [-0.15, -0.1) is 13.2 Å². The van der Waals surface area contributed by atoms with Crippen molar-refractivity contribution in [1.82, 2.24) is 4.98 Å². The van der Waals surface area contributed by atoms with Crippen molar-refractivity contribution in [2.24, 2.45) is 0 Å². The zero-order valence-electron chi connectivity index (χ0n) is 9.28. The first kappa shape index (κ1) is 13.1. The van der Waals surface area contributed by atoms with Crippen LogP contribution in [0.15, 0.2) is 36.5 Å². The summed E-state index contributed by atoms with van der Waals surface area (Å²) in [6, 6.07) is 6.03. The maximum atomic E-state index is 13.0. The fourth-order valence-electron chi connectivity index (χ4n) is 1.50. The Labute approximate surface area is 105 Å². The average molecular weight is 273 g/mol. The highest BCUT2D eigenvalue weighted by atomic mass is 19.4. The highest BCUT2D eigenvalue weighted by Gasteiger charge is 2.31. The molecular weight excluding hydrogens is 266 g/mol. The summed E-state index contributed by atoms with van der Waals surface area (Å²) in [6.07, 6.45) is -3.63. The molecule has 0 aliphatic rings. The molecule has 0 saturated carbocycles. The highest BCUT2D eigenvalue weighted by Crippen LogP contribution is 2.32. The Morgan fingerprint density at radius 3 is 2.26 bits per heavy atom. The summed E-state index contributed by atoms with van der Waals surface area (Å²) < 4.78 is 52.6. The van der Waals surface area contributed by atoms with Gasteiger partial charge in [-0.05, 0) is 23.8 Å². The molecule has 0 aliphatic heterocycles. The van der Waals surface area contributed by atoms with Crippen LogP contribution < -0.4 is 4.74 Å². The third-order valence-electron chi connectivity index (χ3n) is 2.28. The number of hydrogen-bond acceptors (Lipinski definition) is 3. The molecule has 3 nitrogen and oxygen atoms in total. The lowest BCUT2D eigenvalue weighted by molar-refractivity contribution is -0.274. The minimum Gasteiger partial charge on any atom is -0.503 e. The van der Waals surface area contributed by atoms with Gasteiger partial charge in [0.2, 0.25) is 0 Å². The van der Waals surface area contributed by atoms with Crippen LogP contribution in [0.5, 0.6) is 11.5 Å². The Balaban J connectivity index is 2.30. The molecular formula is C12H7F4NO2. The van der Waals surface area contributed by atoms with Crippen molar-refractivity contribution in [3.63, 3.8) is 0 Å². The summed E-state index contributed by atoms with van der Waals surface area (Å²) in [6.45, 7) is 0. The Kier molecular flexibility index (Phi) is 3.28. The average Bonchev–Trinajstić information content (AvgIpc) is 2.32. The monoisotopic (exact) mass is 273 g/mol. The van der Waals surface area contributed by atoms with Crippen molar-refractivity contribution in [1.29, 1.82) is 0 Å². The molecule has 0 aliphatic carbocycles. The molecule has 1 heterocycles. The van der Waals surface area contributed by atoms with Crippen LogP contribution >= 0.6 is 0 Å². The molecule has 0 atom stereocenters. The van der Waals surface area contributed by atoms with Gasteiger partial charge in [0.05, 0.1) is 0 Å². The second-order valence-electron chi connectivity index (χ2n) is 3.57. The maximum Gasteiger partial charge on any atom is 0.573 e. The molecule has 7 heteroatoms. The molecule has 0 bridgehead atoms. The number of alkyl halides is 3. The maximum absolute atomic E-state index is 13.0. The summed E-state index contributed by atoms with van der Waals surface area (Å²) >= 11 is 0. The Morgan fingerprint density at radius 2 is 1.68 bits per heavy atom. The minimum atomic E-state index is -4.77. The lowest BCUT2D eigenvalue weighted by Gasteiger charge is -2.09. The number of rotatable bonds is 2. The van der Waals surface area contributed by atoms with Crippen molar-refractivity contribution in [2.45, 2.75) is 6.36 Å². The smallest absolute Gasteiger partial charge is 0.503 e. The van der Waals surface area contributed by atoms with Crippen LogP contribution in [0, 0.1) is 5.95 Å². The molecule has 0 spiro atoms. The Hall–Kier alpha value is -2.31. The van der Waals surface area contributed by atoms with Gasteiger partial charge in [-0.1, -0.05) is 12.1 Å². The van der Waals surface area contributed by atoms with Gasteiger partial charge in [0.15, 0.2) is 5.75 Å². The number of nitrogens with zero attached hydrogens (tertiary/aromatic N) is 1. The van der Waals surface area contributed by atoms with Crippen molar-refractivity contribution < 1.29 is 27.4 Å². The van der Waals surface area contributed by atoms with Crippen LogP contribution in [0.3, 0.4) is 0 Å². The van der Waals surface area contributed by atoms with E-state index in [-0.39, 0.29) is 5.56 Å². The van der Waals surface area contributed by atoms with Gasteiger partial charge in [0.1, 0.15) is 5.75 Å². The van der Waals surface area contributed by atoms with Crippen LogP contribution in [0.25, 0.3) is 11.1 Å². The molecule has 0 saturated heterocycles. The SMILES string of the molecule is Oc1c(-c2ccc(OC(F)(F)F)cc2)ccnc1F. The summed E-state index contributed by atoms with van der Waals surface area (Å²) in [7, 11) is 0. The number of halogens is 4. The fourth-order valence-corrected chi connectivity index (χ4v) is 1.50. The van der Waals surface area contributed by atoms with E-state index >= 15 is 0 Å². The summed E-state index contributed by atoms with van der Waals surface area (Å²) in [5, 5.41) is 9.46. The van der Waals surface area contributed by atoms with Gasteiger partial charge < -0.3 is 9.84 Å². The van der Waals surface area contributed by atoms with E-state index in [9.17, 15) is 22.7 Å². The number of pyridine rings is 1. The van der Waals surface area contributed by atoms with Crippen LogP contribution in [0.4, 0.5) is 17.6 Å². The Morgan fingerprint density at radius 1 is 1.05 bits per heavy atom. The second-order valence-corrected chi connectivity index (χ2v) is 3.57. The summed E-state index contributed by atoms with van der Waals surface area (Å²) in [5.41, 5.74) is 0.472. The van der Waals surface area contributed by atoms with Gasteiger partial charge in [-0.3, -0.25) is 0 Å². The van der Waals surface area contributed by atoms with Gasteiger partial charge in [0, 0.05) is 11.8 Å². The molecule has 0 fully saturated rings. The lowest BCUT2D eigenvalue weighted by atomic mass is 10.1. The van der Waals surface area contributed by atoms with E-state index in [0.29, 0.717) is 5.56 Å². The van der Waals surface area contributed by atoms with E-state index in [1.165, 1.54) is 18.2 Å². The molecule has 0 amide bonds. The van der Waals surface area contributed by atoms with Gasteiger partial charge >= 0.3 is 6.36 Å². The highest BCUT2D eigenvalue weighted by molar-refractivity contribution is 5.69. The molecule has 2 aromatic rings. The van der Waals surface area contributed by atoms with Gasteiger partial charge in [-0.2, -0.15) is 4.39 Å². The lowest BCUT2D eigenvalue weighted by Crippen LogP contribution is -2.16. The molecule has 1 aromatic heterocycles. The van der Waals surface area contributed by atoms with E-state index in [1.807, 2.05) is 0 Å². The first-order valence-electron chi connectivity index (χ1n) is 5.06. The largest absolute Gasteiger partial charge is 0.573 e. The standard InChI is InChI=1S/C12H7F4NO2/c13-11-10(18)9(5-6-17-11)7-1-3-8(4-2-7)19-12(14,15)16/h1-6,18H. The number of aromatic nitrogens is 1. The molecule has 19 heavy (non-hydrogen) atoms. The van der Waals surface area contributed by atoms with Crippen molar-refractivity contribution in [3.8, 4) is 22.6 Å². The van der Waals surface area contributed by atoms with Crippen LogP contribution in [0.2, 0.25) is 0 Å².